The van der Waals surface area contributed by atoms with E-state index in [-0.39, 0.29) is 23.8 Å². The predicted molar refractivity (Wildman–Crippen MR) is 70.0 cm³/mol. The van der Waals surface area contributed by atoms with E-state index >= 15 is 0 Å². The van der Waals surface area contributed by atoms with Gasteiger partial charge in [-0.3, -0.25) is 14.4 Å². The highest BCUT2D eigenvalue weighted by molar-refractivity contribution is 5.93. The van der Waals surface area contributed by atoms with E-state index in [0.29, 0.717) is 24.9 Å². The van der Waals surface area contributed by atoms with Crippen molar-refractivity contribution in [3.63, 3.8) is 0 Å². The first-order valence-corrected chi connectivity index (χ1v) is 6.17. The van der Waals surface area contributed by atoms with Gasteiger partial charge >= 0.3 is 5.97 Å². The van der Waals surface area contributed by atoms with Crippen molar-refractivity contribution in [3.8, 4) is 0 Å². The van der Waals surface area contributed by atoms with Gasteiger partial charge in [0.1, 0.15) is 0 Å². The summed E-state index contributed by atoms with van der Waals surface area (Å²) >= 11 is 0. The number of aromatic nitrogens is 1. The highest BCUT2D eigenvalue weighted by atomic mass is 16.4. The molecule has 0 aliphatic rings. The lowest BCUT2D eigenvalue weighted by Gasteiger charge is -2.10. The molecular formula is C13H18N2O4. The van der Waals surface area contributed by atoms with Crippen LogP contribution >= 0.6 is 0 Å². The van der Waals surface area contributed by atoms with Crippen molar-refractivity contribution >= 4 is 11.9 Å². The Balaban J connectivity index is 2.31. The van der Waals surface area contributed by atoms with Gasteiger partial charge in [-0.15, -0.1) is 0 Å². The maximum atomic E-state index is 11.7. The Labute approximate surface area is 110 Å². The molecule has 1 aromatic rings. The molecule has 1 aromatic heterocycles. The monoisotopic (exact) mass is 266 g/mol. The number of rotatable bonds is 7. The molecular weight excluding hydrogens is 248 g/mol. The summed E-state index contributed by atoms with van der Waals surface area (Å²) in [4.78, 5) is 35.6. The van der Waals surface area contributed by atoms with Crippen molar-refractivity contribution in [2.45, 2.75) is 26.2 Å². The van der Waals surface area contributed by atoms with E-state index in [9.17, 15) is 14.4 Å². The van der Waals surface area contributed by atoms with Crippen molar-refractivity contribution in [3.05, 3.63) is 34.2 Å². The summed E-state index contributed by atoms with van der Waals surface area (Å²) in [6, 6.07) is 2.77. The van der Waals surface area contributed by atoms with Crippen molar-refractivity contribution in [2.75, 3.05) is 6.54 Å². The smallest absolute Gasteiger partial charge is 0.303 e. The van der Waals surface area contributed by atoms with Gasteiger partial charge in [-0.2, -0.15) is 0 Å². The minimum Gasteiger partial charge on any atom is -0.481 e. The Bertz CT molecular complexity index is 495. The number of carbonyl (C=O) groups excluding carboxylic acids is 1. The molecule has 104 valence electrons. The molecule has 3 N–H and O–H groups in total. The third kappa shape index (κ3) is 5.85. The number of aliphatic carboxylic acids is 1. The third-order valence-corrected chi connectivity index (χ3v) is 2.81. The SMILES string of the molecule is CC(CCNC(=O)c1cc[nH]c(=O)c1)CCC(=O)O. The lowest BCUT2D eigenvalue weighted by atomic mass is 10.0. The number of H-pyrrole nitrogens is 1. The minimum atomic E-state index is -0.806. The Kier molecular flexibility index (Phi) is 5.78. The number of nitrogens with one attached hydrogen (secondary N) is 2. The lowest BCUT2D eigenvalue weighted by molar-refractivity contribution is -0.137. The molecule has 19 heavy (non-hydrogen) atoms. The van der Waals surface area contributed by atoms with E-state index in [4.69, 9.17) is 5.11 Å². The van der Waals surface area contributed by atoms with Gasteiger partial charge in [0.25, 0.3) is 5.91 Å². The quantitative estimate of drug-likeness (QED) is 0.685. The second-order valence-electron chi connectivity index (χ2n) is 4.52. The highest BCUT2D eigenvalue weighted by Crippen LogP contribution is 2.09. The largest absolute Gasteiger partial charge is 0.481 e. The van der Waals surface area contributed by atoms with Crippen LogP contribution in [0.25, 0.3) is 0 Å². The Morgan fingerprint density at radius 2 is 2.16 bits per heavy atom. The van der Waals surface area contributed by atoms with Crippen LogP contribution in [0.15, 0.2) is 23.1 Å². The maximum absolute atomic E-state index is 11.7. The molecule has 1 atom stereocenters. The fourth-order valence-electron chi connectivity index (χ4n) is 1.63. The molecule has 0 saturated heterocycles. The second-order valence-corrected chi connectivity index (χ2v) is 4.52. The van der Waals surface area contributed by atoms with E-state index in [0.717, 1.165) is 0 Å². The topological polar surface area (TPSA) is 99.3 Å². The van der Waals surface area contributed by atoms with E-state index in [1.165, 1.54) is 18.3 Å². The number of carboxylic acids is 1. The van der Waals surface area contributed by atoms with Crippen LogP contribution in [0.4, 0.5) is 0 Å². The fourth-order valence-corrected chi connectivity index (χ4v) is 1.63. The maximum Gasteiger partial charge on any atom is 0.303 e. The van der Waals surface area contributed by atoms with Gasteiger partial charge in [-0.25, -0.2) is 0 Å². The van der Waals surface area contributed by atoms with Gasteiger partial charge in [0.05, 0.1) is 0 Å². The summed E-state index contributed by atoms with van der Waals surface area (Å²) in [5, 5.41) is 11.3. The van der Waals surface area contributed by atoms with Crippen molar-refractivity contribution in [1.82, 2.24) is 10.3 Å². The number of aromatic amines is 1. The summed E-state index contributed by atoms with van der Waals surface area (Å²) in [6.45, 7) is 2.41. The van der Waals surface area contributed by atoms with E-state index in [2.05, 4.69) is 10.3 Å². The molecule has 0 aliphatic carbocycles. The first-order chi connectivity index (χ1) is 8.99. The van der Waals surface area contributed by atoms with Gasteiger partial charge < -0.3 is 15.4 Å². The Morgan fingerprint density at radius 1 is 1.42 bits per heavy atom. The zero-order valence-corrected chi connectivity index (χ0v) is 10.8. The average molecular weight is 266 g/mol. The molecule has 1 heterocycles. The first-order valence-electron chi connectivity index (χ1n) is 6.17. The van der Waals surface area contributed by atoms with E-state index < -0.39 is 5.97 Å². The van der Waals surface area contributed by atoms with Gasteiger partial charge in [0, 0.05) is 30.8 Å². The zero-order valence-electron chi connectivity index (χ0n) is 10.8. The predicted octanol–water partition coefficient (Wildman–Crippen LogP) is 0.996. The zero-order chi connectivity index (χ0) is 14.3. The van der Waals surface area contributed by atoms with Gasteiger partial charge in [0.15, 0.2) is 0 Å². The van der Waals surface area contributed by atoms with Crippen LogP contribution in [0.1, 0.15) is 36.5 Å². The molecule has 0 saturated carbocycles. The fraction of sp³-hybridized carbons (Fsp3) is 0.462. The van der Waals surface area contributed by atoms with Gasteiger partial charge in [0.2, 0.25) is 5.56 Å². The number of hydrogen-bond donors (Lipinski definition) is 3. The molecule has 6 nitrogen and oxygen atoms in total. The van der Waals surface area contributed by atoms with E-state index in [1.807, 2.05) is 6.92 Å². The number of carbonyl (C=O) groups is 2. The summed E-state index contributed by atoms with van der Waals surface area (Å²) < 4.78 is 0. The molecule has 0 fully saturated rings. The van der Waals surface area contributed by atoms with Gasteiger partial charge in [-0.05, 0) is 24.8 Å². The summed E-state index contributed by atoms with van der Waals surface area (Å²) in [6.07, 6.45) is 2.87. The molecule has 0 spiro atoms. The molecule has 1 amide bonds. The molecule has 0 bridgehead atoms. The number of hydrogen-bond acceptors (Lipinski definition) is 3. The Morgan fingerprint density at radius 3 is 2.79 bits per heavy atom. The second kappa shape index (κ2) is 7.35. The molecule has 0 aliphatic heterocycles. The molecule has 1 rings (SSSR count). The van der Waals surface area contributed by atoms with Crippen LogP contribution in [0.2, 0.25) is 0 Å². The lowest BCUT2D eigenvalue weighted by Crippen LogP contribution is -2.26. The number of carboxylic acid groups (broad SMARTS) is 1. The summed E-state index contributed by atoms with van der Waals surface area (Å²) in [5.41, 5.74) is 0.00409. The summed E-state index contributed by atoms with van der Waals surface area (Å²) in [7, 11) is 0. The number of amides is 1. The van der Waals surface area contributed by atoms with Crippen LogP contribution < -0.4 is 10.9 Å². The van der Waals surface area contributed by atoms with E-state index in [1.54, 1.807) is 0 Å². The summed E-state index contributed by atoms with van der Waals surface area (Å²) in [5.74, 6) is -0.869. The minimum absolute atomic E-state index is 0.142. The average Bonchev–Trinajstić information content (AvgIpc) is 2.36. The van der Waals surface area contributed by atoms with Crippen molar-refractivity contribution in [2.24, 2.45) is 5.92 Å². The number of pyridine rings is 1. The highest BCUT2D eigenvalue weighted by Gasteiger charge is 2.08. The van der Waals surface area contributed by atoms with Gasteiger partial charge in [-0.1, -0.05) is 6.92 Å². The normalized spacial score (nSPS) is 11.8. The van der Waals surface area contributed by atoms with Crippen LogP contribution in [-0.2, 0) is 4.79 Å². The molecule has 0 aromatic carbocycles. The Hall–Kier alpha value is -2.11. The molecule has 6 heteroatoms. The molecule has 0 radical (unpaired) electrons. The van der Waals surface area contributed by atoms with Crippen molar-refractivity contribution in [1.29, 1.82) is 0 Å². The van der Waals surface area contributed by atoms with Crippen LogP contribution in [0, 0.1) is 5.92 Å². The standard InChI is InChI=1S/C13H18N2O4/c1-9(2-3-12(17)18)4-6-15-13(19)10-5-7-14-11(16)8-10/h5,7-9H,2-4,6H2,1H3,(H,14,16)(H,15,19)(H,17,18). The molecule has 1 unspecified atom stereocenters. The van der Waals surface area contributed by atoms with Crippen molar-refractivity contribution < 1.29 is 14.7 Å². The van der Waals surface area contributed by atoms with Crippen LogP contribution in [0.5, 0.6) is 0 Å². The van der Waals surface area contributed by atoms with Crippen LogP contribution in [-0.4, -0.2) is 28.5 Å². The third-order valence-electron chi connectivity index (χ3n) is 2.81. The van der Waals surface area contributed by atoms with Crippen LogP contribution in [0.3, 0.4) is 0 Å². The first kappa shape index (κ1) is 14.9.